The summed E-state index contributed by atoms with van der Waals surface area (Å²) in [6.45, 7) is 9.63. The second kappa shape index (κ2) is 11.0. The van der Waals surface area contributed by atoms with E-state index in [1.54, 1.807) is 6.92 Å². The van der Waals surface area contributed by atoms with Gasteiger partial charge in [-0.15, -0.1) is 0 Å². The van der Waals surface area contributed by atoms with Gasteiger partial charge in [0.15, 0.2) is 5.78 Å². The van der Waals surface area contributed by atoms with Crippen molar-refractivity contribution in [1.82, 2.24) is 5.32 Å². The molecule has 0 aromatic heterocycles. The summed E-state index contributed by atoms with van der Waals surface area (Å²) in [5, 5.41) is 3.56. The molecule has 27 heavy (non-hydrogen) atoms. The smallest absolute Gasteiger partial charge is 0.310 e. The van der Waals surface area contributed by atoms with E-state index in [4.69, 9.17) is 4.74 Å². The Morgan fingerprint density at radius 3 is 2.48 bits per heavy atom. The van der Waals surface area contributed by atoms with Crippen molar-refractivity contribution < 1.29 is 14.3 Å². The number of ketones is 1. The van der Waals surface area contributed by atoms with Gasteiger partial charge in [0.05, 0.1) is 23.8 Å². The van der Waals surface area contributed by atoms with Gasteiger partial charge in [0.25, 0.3) is 0 Å². The molecule has 4 nitrogen and oxygen atoms in total. The summed E-state index contributed by atoms with van der Waals surface area (Å²) in [7, 11) is 1.97. The predicted octanol–water partition coefficient (Wildman–Crippen LogP) is 4.43. The first-order chi connectivity index (χ1) is 12.7. The summed E-state index contributed by atoms with van der Waals surface area (Å²) < 4.78 is 5.05. The Hall–Kier alpha value is -1.20. The van der Waals surface area contributed by atoms with Gasteiger partial charge in [0.2, 0.25) is 0 Å². The molecule has 1 rings (SSSR count). The van der Waals surface area contributed by atoms with Crippen LogP contribution in [0.4, 0.5) is 0 Å². The van der Waals surface area contributed by atoms with Gasteiger partial charge in [-0.1, -0.05) is 60.5 Å². The number of Topliss-reactive ketones (excluding diaryl/α,β-unsaturated/α-hetero) is 1. The van der Waals surface area contributed by atoms with E-state index in [2.05, 4.69) is 35.1 Å². The Bertz CT molecular complexity index is 630. The third kappa shape index (κ3) is 7.38. The first-order valence-electron chi connectivity index (χ1n) is 9.67. The van der Waals surface area contributed by atoms with Gasteiger partial charge in [-0.05, 0) is 56.8 Å². The number of alkyl halides is 1. The molecule has 1 aromatic rings. The maximum Gasteiger partial charge on any atom is 0.310 e. The summed E-state index contributed by atoms with van der Waals surface area (Å²) in [5.74, 6) is -0.0702. The van der Waals surface area contributed by atoms with Gasteiger partial charge in [-0.2, -0.15) is 0 Å². The van der Waals surface area contributed by atoms with Crippen LogP contribution >= 0.6 is 15.9 Å². The Morgan fingerprint density at radius 1 is 1.19 bits per heavy atom. The molecule has 1 unspecified atom stereocenters. The third-order valence-corrected chi connectivity index (χ3v) is 5.65. The van der Waals surface area contributed by atoms with Gasteiger partial charge < -0.3 is 10.1 Å². The minimum atomic E-state index is -0.566. The zero-order valence-electron chi connectivity index (χ0n) is 17.4. The molecule has 0 heterocycles. The zero-order chi connectivity index (χ0) is 20.5. The minimum Gasteiger partial charge on any atom is -0.466 e. The fraction of sp³-hybridized carbons (Fsp3) is 0.636. The highest BCUT2D eigenvalue weighted by Crippen LogP contribution is 2.34. The van der Waals surface area contributed by atoms with Crippen LogP contribution in [-0.2, 0) is 26.2 Å². The van der Waals surface area contributed by atoms with Crippen LogP contribution in [0.15, 0.2) is 24.3 Å². The standard InChI is InChI=1S/C22H34BrNO3/c1-6-27-20(26)14-17-9-7-10-18(13-17)22(4,19(25)15-23)12-8-11-21(2,3)16-24-5/h7,9-10,13,24H,6,8,11-12,14-16H2,1-5H3. The van der Waals surface area contributed by atoms with Crippen molar-refractivity contribution in [2.24, 2.45) is 5.41 Å². The van der Waals surface area contributed by atoms with E-state index in [-0.39, 0.29) is 23.6 Å². The van der Waals surface area contributed by atoms with Crippen LogP contribution in [0.25, 0.3) is 0 Å². The van der Waals surface area contributed by atoms with Crippen molar-refractivity contribution in [2.75, 3.05) is 25.5 Å². The topological polar surface area (TPSA) is 55.4 Å². The fourth-order valence-corrected chi connectivity index (χ4v) is 4.10. The van der Waals surface area contributed by atoms with Crippen molar-refractivity contribution in [1.29, 1.82) is 0 Å². The number of hydrogen-bond acceptors (Lipinski definition) is 4. The SMILES string of the molecule is CCOC(=O)Cc1cccc(C(C)(CCCC(C)(C)CNC)C(=O)CBr)c1. The molecule has 0 bridgehead atoms. The number of esters is 1. The summed E-state index contributed by atoms with van der Waals surface area (Å²) in [5.41, 5.74) is 1.48. The van der Waals surface area contributed by atoms with Crippen LogP contribution < -0.4 is 5.32 Å². The van der Waals surface area contributed by atoms with Crippen LogP contribution in [0.2, 0.25) is 0 Å². The average molecular weight is 440 g/mol. The minimum absolute atomic E-state index is 0.169. The van der Waals surface area contributed by atoms with E-state index in [1.807, 2.05) is 38.2 Å². The molecular formula is C22H34BrNO3. The van der Waals surface area contributed by atoms with Crippen LogP contribution in [0.5, 0.6) is 0 Å². The molecule has 1 N–H and O–H groups in total. The lowest BCUT2D eigenvalue weighted by molar-refractivity contribution is -0.142. The number of halogens is 1. The van der Waals surface area contributed by atoms with E-state index >= 15 is 0 Å². The highest BCUT2D eigenvalue weighted by atomic mass is 79.9. The van der Waals surface area contributed by atoms with Gasteiger partial charge in [0, 0.05) is 0 Å². The summed E-state index contributed by atoms with van der Waals surface area (Å²) in [6.07, 6.45) is 3.02. The van der Waals surface area contributed by atoms with Crippen molar-refractivity contribution in [2.45, 2.75) is 58.8 Å². The van der Waals surface area contributed by atoms with Gasteiger partial charge in [0.1, 0.15) is 0 Å². The van der Waals surface area contributed by atoms with E-state index in [9.17, 15) is 9.59 Å². The molecule has 0 fully saturated rings. The molecule has 0 amide bonds. The third-order valence-electron chi connectivity index (χ3n) is 5.14. The van der Waals surface area contributed by atoms with Crippen LogP contribution in [0, 0.1) is 5.41 Å². The largest absolute Gasteiger partial charge is 0.466 e. The highest BCUT2D eigenvalue weighted by molar-refractivity contribution is 9.09. The van der Waals surface area contributed by atoms with Gasteiger partial charge in [-0.3, -0.25) is 9.59 Å². The molecule has 0 saturated heterocycles. The van der Waals surface area contributed by atoms with E-state index < -0.39 is 5.41 Å². The number of ether oxygens (including phenoxy) is 1. The zero-order valence-corrected chi connectivity index (χ0v) is 18.9. The molecule has 0 aliphatic rings. The Balaban J connectivity index is 2.98. The number of benzene rings is 1. The second-order valence-electron chi connectivity index (χ2n) is 8.12. The van der Waals surface area contributed by atoms with Gasteiger partial charge >= 0.3 is 5.97 Å². The first-order valence-corrected chi connectivity index (χ1v) is 10.8. The number of carbonyl (C=O) groups is 2. The van der Waals surface area contributed by atoms with E-state index in [0.717, 1.165) is 36.9 Å². The summed E-state index contributed by atoms with van der Waals surface area (Å²) in [4.78, 5) is 24.6. The van der Waals surface area contributed by atoms with Crippen molar-refractivity contribution in [3.63, 3.8) is 0 Å². The van der Waals surface area contributed by atoms with Crippen LogP contribution in [0.3, 0.4) is 0 Å². The Labute approximate surface area is 172 Å². The molecule has 0 aliphatic heterocycles. The maximum atomic E-state index is 12.8. The summed E-state index contributed by atoms with van der Waals surface area (Å²) in [6, 6.07) is 7.81. The van der Waals surface area contributed by atoms with E-state index in [0.29, 0.717) is 11.9 Å². The molecule has 0 aliphatic carbocycles. The lowest BCUT2D eigenvalue weighted by Crippen LogP contribution is -2.34. The fourth-order valence-electron chi connectivity index (χ4n) is 3.48. The number of rotatable bonds is 12. The predicted molar refractivity (Wildman–Crippen MR) is 114 cm³/mol. The van der Waals surface area contributed by atoms with E-state index in [1.165, 1.54) is 0 Å². The van der Waals surface area contributed by atoms with Crippen molar-refractivity contribution in [3.8, 4) is 0 Å². The lowest BCUT2D eigenvalue weighted by atomic mass is 9.73. The van der Waals surface area contributed by atoms with Crippen LogP contribution in [-0.4, -0.2) is 37.3 Å². The van der Waals surface area contributed by atoms with Crippen molar-refractivity contribution >= 4 is 27.7 Å². The number of carbonyl (C=O) groups excluding carboxylic acids is 2. The summed E-state index contributed by atoms with van der Waals surface area (Å²) >= 11 is 3.35. The second-order valence-corrected chi connectivity index (χ2v) is 8.68. The molecule has 0 radical (unpaired) electrons. The number of nitrogens with one attached hydrogen (secondary N) is 1. The molecule has 152 valence electrons. The molecule has 0 saturated carbocycles. The molecule has 5 heteroatoms. The average Bonchev–Trinajstić information content (AvgIpc) is 2.61. The molecule has 1 aromatic carbocycles. The van der Waals surface area contributed by atoms with Crippen LogP contribution in [0.1, 0.15) is 58.1 Å². The lowest BCUT2D eigenvalue weighted by Gasteiger charge is -2.31. The maximum absolute atomic E-state index is 12.8. The normalized spacial score (nSPS) is 13.9. The quantitative estimate of drug-likeness (QED) is 0.386. The number of hydrogen-bond donors (Lipinski definition) is 1. The Kier molecular flexibility index (Phi) is 9.68. The van der Waals surface area contributed by atoms with Crippen molar-refractivity contribution in [3.05, 3.63) is 35.4 Å². The molecular weight excluding hydrogens is 406 g/mol. The van der Waals surface area contributed by atoms with Gasteiger partial charge in [-0.25, -0.2) is 0 Å². The first kappa shape index (κ1) is 23.8. The molecule has 1 atom stereocenters. The Morgan fingerprint density at radius 2 is 1.89 bits per heavy atom. The highest BCUT2D eigenvalue weighted by Gasteiger charge is 2.34. The monoisotopic (exact) mass is 439 g/mol. The molecule has 0 spiro atoms.